The summed E-state index contributed by atoms with van der Waals surface area (Å²) in [6.45, 7) is 1.21. The summed E-state index contributed by atoms with van der Waals surface area (Å²) >= 11 is 1.50. The van der Waals surface area contributed by atoms with Gasteiger partial charge in [0.1, 0.15) is 0 Å². The lowest BCUT2D eigenvalue weighted by atomic mass is 9.82. The monoisotopic (exact) mass is 444 g/mol. The van der Waals surface area contributed by atoms with Crippen LogP contribution in [0.15, 0.2) is 35.7 Å². The molecule has 1 saturated heterocycles. The van der Waals surface area contributed by atoms with Crippen LogP contribution in [0.1, 0.15) is 61.6 Å². The van der Waals surface area contributed by atoms with E-state index in [1.165, 1.54) is 24.0 Å². The van der Waals surface area contributed by atoms with Gasteiger partial charge in [-0.2, -0.15) is 0 Å². The van der Waals surface area contributed by atoms with Gasteiger partial charge in [0.15, 0.2) is 0 Å². The third kappa shape index (κ3) is 5.21. The van der Waals surface area contributed by atoms with Crippen molar-refractivity contribution in [1.82, 2.24) is 9.88 Å². The van der Waals surface area contributed by atoms with Gasteiger partial charge in [-0.15, -0.1) is 0 Å². The number of methoxy groups -OCH3 is 2. The van der Waals surface area contributed by atoms with Crippen molar-refractivity contribution in [2.24, 2.45) is 0 Å². The fourth-order valence-electron chi connectivity index (χ4n) is 5.01. The summed E-state index contributed by atoms with van der Waals surface area (Å²) in [5, 5.41) is 2.70. The lowest BCUT2D eigenvalue weighted by Crippen LogP contribution is -2.50. The molecule has 2 atom stereocenters. The second kappa shape index (κ2) is 10.5. The topological polar surface area (TPSA) is 60.9 Å². The predicted molar refractivity (Wildman–Crippen MR) is 121 cm³/mol. The molecule has 2 heterocycles. The number of hydrogen-bond acceptors (Lipinski definition) is 6. The molecule has 0 spiro atoms. The average molecular weight is 445 g/mol. The highest BCUT2D eigenvalue weighted by Crippen LogP contribution is 2.37. The standard InChI is InChI=1S/C24H32N2O4S/c1-28-23-25-21(16-31-23)20-9-6-14-26(24(27)29-2)22(20)15-30-19-12-10-18(11-13-19)17-7-4-3-5-8-17/h3-5,7-8,16,18-20,22H,6,9-15H2,1-2H3. The van der Waals surface area contributed by atoms with E-state index in [1.54, 1.807) is 7.11 Å². The molecule has 1 aliphatic heterocycles. The Labute approximate surface area is 188 Å². The van der Waals surface area contributed by atoms with E-state index >= 15 is 0 Å². The first-order valence-corrected chi connectivity index (χ1v) is 12.1. The van der Waals surface area contributed by atoms with Crippen molar-refractivity contribution in [3.05, 3.63) is 47.0 Å². The number of piperidine rings is 1. The summed E-state index contributed by atoms with van der Waals surface area (Å²) in [5.74, 6) is 0.756. The lowest BCUT2D eigenvalue weighted by Gasteiger charge is -2.40. The molecule has 2 fully saturated rings. The number of carbonyl (C=O) groups is 1. The Kier molecular flexibility index (Phi) is 7.45. The molecule has 0 radical (unpaired) electrons. The van der Waals surface area contributed by atoms with Gasteiger partial charge in [-0.05, 0) is 50.0 Å². The highest BCUT2D eigenvalue weighted by atomic mass is 32.1. The molecule has 7 heteroatoms. The van der Waals surface area contributed by atoms with Crippen LogP contribution >= 0.6 is 11.3 Å². The summed E-state index contributed by atoms with van der Waals surface area (Å²) in [7, 11) is 3.08. The summed E-state index contributed by atoms with van der Waals surface area (Å²) in [6.07, 6.45) is 6.27. The zero-order valence-electron chi connectivity index (χ0n) is 18.4. The van der Waals surface area contributed by atoms with Crippen LogP contribution in [0, 0.1) is 0 Å². The summed E-state index contributed by atoms with van der Waals surface area (Å²) in [4.78, 5) is 18.9. The van der Waals surface area contributed by atoms with Crippen molar-refractivity contribution in [1.29, 1.82) is 0 Å². The van der Waals surface area contributed by atoms with Crippen LogP contribution in [-0.4, -0.2) is 55.5 Å². The smallest absolute Gasteiger partial charge is 0.409 e. The quantitative estimate of drug-likeness (QED) is 0.612. The summed E-state index contributed by atoms with van der Waals surface area (Å²) < 4.78 is 16.8. The van der Waals surface area contributed by atoms with Gasteiger partial charge in [0.25, 0.3) is 5.19 Å². The Bertz CT molecular complexity index is 835. The maximum Gasteiger partial charge on any atom is 0.409 e. The summed E-state index contributed by atoms with van der Waals surface area (Å²) in [5.41, 5.74) is 2.42. The van der Waals surface area contributed by atoms with E-state index in [1.807, 2.05) is 10.3 Å². The molecular formula is C24H32N2O4S. The van der Waals surface area contributed by atoms with Gasteiger partial charge in [0.05, 0.1) is 38.7 Å². The van der Waals surface area contributed by atoms with Crippen LogP contribution in [0.25, 0.3) is 0 Å². The Balaban J connectivity index is 1.40. The van der Waals surface area contributed by atoms with Crippen molar-refractivity contribution in [3.8, 4) is 5.19 Å². The first kappa shape index (κ1) is 22.1. The first-order valence-electron chi connectivity index (χ1n) is 11.2. The molecule has 6 nitrogen and oxygen atoms in total. The second-order valence-corrected chi connectivity index (χ2v) is 9.26. The van der Waals surface area contributed by atoms with Gasteiger partial charge in [0, 0.05) is 17.8 Å². The minimum Gasteiger partial charge on any atom is -0.473 e. The molecular weight excluding hydrogens is 412 g/mol. The largest absolute Gasteiger partial charge is 0.473 e. The fourth-order valence-corrected chi connectivity index (χ4v) is 5.71. The van der Waals surface area contributed by atoms with E-state index in [0.717, 1.165) is 44.2 Å². The molecule has 1 aromatic carbocycles. The molecule has 2 aromatic rings. The van der Waals surface area contributed by atoms with E-state index < -0.39 is 0 Å². The molecule has 0 bridgehead atoms. The van der Waals surface area contributed by atoms with Crippen LogP contribution in [0.2, 0.25) is 0 Å². The van der Waals surface area contributed by atoms with Crippen molar-refractivity contribution in [2.75, 3.05) is 27.4 Å². The Hall–Kier alpha value is -2.12. The Morgan fingerprint density at radius 3 is 2.58 bits per heavy atom. The maximum absolute atomic E-state index is 12.5. The van der Waals surface area contributed by atoms with Gasteiger partial charge in [-0.3, -0.25) is 0 Å². The molecule has 4 rings (SSSR count). The van der Waals surface area contributed by atoms with E-state index in [9.17, 15) is 4.79 Å². The van der Waals surface area contributed by atoms with Gasteiger partial charge in [0.2, 0.25) is 0 Å². The number of carbonyl (C=O) groups excluding carboxylic acids is 1. The van der Waals surface area contributed by atoms with Crippen LogP contribution in [-0.2, 0) is 9.47 Å². The van der Waals surface area contributed by atoms with Crippen LogP contribution in [0.3, 0.4) is 0 Å². The molecule has 1 aliphatic carbocycles. The molecule has 2 aliphatic rings. The van der Waals surface area contributed by atoms with Crippen molar-refractivity contribution in [3.63, 3.8) is 0 Å². The van der Waals surface area contributed by atoms with Gasteiger partial charge >= 0.3 is 6.09 Å². The predicted octanol–water partition coefficient (Wildman–Crippen LogP) is 5.21. The average Bonchev–Trinajstić information content (AvgIpc) is 3.32. The van der Waals surface area contributed by atoms with Crippen molar-refractivity contribution < 1.29 is 19.0 Å². The number of ether oxygens (including phenoxy) is 3. The second-order valence-electron chi connectivity index (χ2n) is 8.44. The zero-order valence-corrected chi connectivity index (χ0v) is 19.2. The molecule has 1 amide bonds. The van der Waals surface area contributed by atoms with Crippen LogP contribution in [0.4, 0.5) is 4.79 Å². The van der Waals surface area contributed by atoms with E-state index in [0.29, 0.717) is 24.3 Å². The Morgan fingerprint density at radius 1 is 1.13 bits per heavy atom. The van der Waals surface area contributed by atoms with Crippen molar-refractivity contribution >= 4 is 17.4 Å². The van der Waals surface area contributed by atoms with Crippen LogP contribution in [0.5, 0.6) is 5.19 Å². The van der Waals surface area contributed by atoms with Crippen LogP contribution < -0.4 is 4.74 Å². The zero-order chi connectivity index (χ0) is 21.6. The SMILES string of the molecule is COC(=O)N1CCCC(c2csc(OC)n2)C1COC1CCC(c2ccccc2)CC1. The van der Waals surface area contributed by atoms with E-state index in [-0.39, 0.29) is 24.2 Å². The minimum absolute atomic E-state index is 0.0696. The number of likely N-dealkylation sites (tertiary alicyclic amines) is 1. The molecule has 1 aromatic heterocycles. The number of nitrogens with zero attached hydrogens (tertiary/aromatic N) is 2. The van der Waals surface area contributed by atoms with E-state index in [4.69, 9.17) is 14.2 Å². The molecule has 2 unspecified atom stereocenters. The molecule has 31 heavy (non-hydrogen) atoms. The first-order chi connectivity index (χ1) is 15.2. The molecule has 168 valence electrons. The summed E-state index contributed by atoms with van der Waals surface area (Å²) in [6, 6.07) is 10.7. The molecule has 0 N–H and O–H groups in total. The lowest BCUT2D eigenvalue weighted by molar-refractivity contribution is -0.0242. The number of aromatic nitrogens is 1. The normalized spacial score (nSPS) is 26.5. The highest BCUT2D eigenvalue weighted by molar-refractivity contribution is 7.11. The van der Waals surface area contributed by atoms with Gasteiger partial charge in [-0.1, -0.05) is 41.7 Å². The molecule has 1 saturated carbocycles. The highest BCUT2D eigenvalue weighted by Gasteiger charge is 2.38. The van der Waals surface area contributed by atoms with Crippen molar-refractivity contribution in [2.45, 2.75) is 62.5 Å². The Morgan fingerprint density at radius 2 is 1.90 bits per heavy atom. The van der Waals surface area contributed by atoms with Gasteiger partial charge in [-0.25, -0.2) is 9.78 Å². The number of hydrogen-bond donors (Lipinski definition) is 0. The van der Waals surface area contributed by atoms with E-state index in [2.05, 4.69) is 35.3 Å². The number of rotatable bonds is 6. The number of thiazole rings is 1. The minimum atomic E-state index is -0.284. The fraction of sp³-hybridized carbons (Fsp3) is 0.583. The third-order valence-corrected chi connectivity index (χ3v) is 7.51. The van der Waals surface area contributed by atoms with Gasteiger partial charge < -0.3 is 19.1 Å². The third-order valence-electron chi connectivity index (χ3n) is 6.69. The number of benzene rings is 1. The number of amides is 1. The maximum atomic E-state index is 12.5.